The Kier molecular flexibility index (Phi) is 7.80. The van der Waals surface area contributed by atoms with Gasteiger partial charge in [-0.3, -0.25) is 4.79 Å². The molecule has 41 heavy (non-hydrogen) atoms. The van der Waals surface area contributed by atoms with Gasteiger partial charge in [-0.25, -0.2) is 0 Å². The molecule has 0 N–H and O–H groups in total. The molecule has 1 saturated carbocycles. The van der Waals surface area contributed by atoms with Crippen LogP contribution in [0.25, 0.3) is 23.3 Å². The van der Waals surface area contributed by atoms with Crippen LogP contribution < -0.4 is 0 Å². The number of rotatable bonds is 4. The maximum absolute atomic E-state index is 13.7. The van der Waals surface area contributed by atoms with Gasteiger partial charge in [0.05, 0.1) is 11.1 Å². The van der Waals surface area contributed by atoms with Crippen LogP contribution in [0.4, 0.5) is 0 Å². The van der Waals surface area contributed by atoms with E-state index in [1.165, 1.54) is 21.3 Å². The van der Waals surface area contributed by atoms with E-state index in [-0.39, 0.29) is 5.78 Å². The first-order valence-electron chi connectivity index (χ1n) is 14.5. The maximum atomic E-state index is 13.7. The van der Waals surface area contributed by atoms with E-state index in [1.54, 1.807) is 22.7 Å². The van der Waals surface area contributed by atoms with Gasteiger partial charge in [0.2, 0.25) is 0 Å². The Bertz CT molecular complexity index is 1480. The average molecular weight is 591 g/mol. The van der Waals surface area contributed by atoms with Crippen molar-refractivity contribution in [3.63, 3.8) is 0 Å². The standard InChI is InChI=1S/C34H42N2O3S2/c1-31(2)18-25(19-32(3,4)35(31)38)28-13-12-27(41-28)17-23-11-9-10-22(29(23)37)16-24-14-15-40-30(24)26-20-33(5,6)36(39)34(7,8)21-26/h12-18,20H,9-11,19,21H2,1-8H3/b22-16+,23-17+. The van der Waals surface area contributed by atoms with Gasteiger partial charge in [-0.2, -0.15) is 0 Å². The monoisotopic (exact) mass is 590 g/mol. The normalized spacial score (nSPS) is 26.3. The smallest absolute Gasteiger partial charge is 0.185 e. The van der Waals surface area contributed by atoms with E-state index in [0.29, 0.717) is 12.8 Å². The summed E-state index contributed by atoms with van der Waals surface area (Å²) in [5.74, 6) is 0.133. The molecule has 218 valence electrons. The minimum Gasteiger partial charge on any atom is -0.289 e. The second-order valence-corrected chi connectivity index (χ2v) is 16.2. The van der Waals surface area contributed by atoms with Crippen molar-refractivity contribution in [2.24, 2.45) is 0 Å². The molecule has 0 saturated heterocycles. The van der Waals surface area contributed by atoms with Crippen LogP contribution in [-0.4, -0.2) is 38.1 Å². The van der Waals surface area contributed by atoms with E-state index in [4.69, 9.17) is 0 Å². The second-order valence-electron chi connectivity index (χ2n) is 14.1. The van der Waals surface area contributed by atoms with E-state index in [2.05, 4.69) is 47.9 Å². The van der Waals surface area contributed by atoms with Crippen molar-refractivity contribution in [3.8, 4) is 0 Å². The van der Waals surface area contributed by atoms with E-state index in [0.717, 1.165) is 50.6 Å². The Morgan fingerprint density at radius 2 is 1.32 bits per heavy atom. The van der Waals surface area contributed by atoms with Crippen LogP contribution in [-0.2, 0) is 15.2 Å². The molecule has 1 fully saturated rings. The lowest BCUT2D eigenvalue weighted by atomic mass is 9.81. The molecule has 0 atom stereocenters. The third kappa shape index (κ3) is 5.90. The van der Waals surface area contributed by atoms with Crippen LogP contribution in [0.3, 0.4) is 0 Å². The Morgan fingerprint density at radius 1 is 0.756 bits per heavy atom. The second kappa shape index (κ2) is 10.5. The van der Waals surface area contributed by atoms with Crippen molar-refractivity contribution in [2.75, 3.05) is 0 Å². The van der Waals surface area contributed by atoms with Gasteiger partial charge in [0.1, 0.15) is 0 Å². The number of hydrogen-bond donors (Lipinski definition) is 0. The molecular weight excluding hydrogens is 549 g/mol. The Labute approximate surface area is 253 Å². The molecule has 1 aliphatic carbocycles. The molecule has 0 spiro atoms. The number of hydrogen-bond acceptors (Lipinski definition) is 5. The molecule has 5 rings (SSSR count). The molecule has 4 heterocycles. The zero-order chi connectivity index (χ0) is 30.0. The minimum absolute atomic E-state index is 0.133. The fourth-order valence-electron chi connectivity index (χ4n) is 6.85. The molecule has 5 nitrogen and oxygen atoms in total. The van der Waals surface area contributed by atoms with Gasteiger partial charge in [-0.05, 0) is 140 Å². The molecule has 3 aliphatic rings. The number of nitrogens with zero attached hydrogens (tertiary/aromatic N) is 2. The van der Waals surface area contributed by atoms with Gasteiger partial charge in [0.25, 0.3) is 0 Å². The van der Waals surface area contributed by atoms with Gasteiger partial charge in [0.15, 0.2) is 5.78 Å². The molecular formula is C34H42N2O3S2. The van der Waals surface area contributed by atoms with Crippen molar-refractivity contribution in [1.29, 1.82) is 0 Å². The first kappa shape index (κ1) is 30.3. The minimum atomic E-state index is -0.588. The third-order valence-electron chi connectivity index (χ3n) is 8.50. The van der Waals surface area contributed by atoms with Crippen LogP contribution in [0.5, 0.6) is 0 Å². The van der Waals surface area contributed by atoms with Crippen LogP contribution in [0, 0.1) is 0 Å². The quantitative estimate of drug-likeness (QED) is 0.334. The number of Topliss-reactive ketones (excluding diaryl/α,β-unsaturated/α-hetero) is 1. The van der Waals surface area contributed by atoms with Gasteiger partial charge in [-0.1, -0.05) is 12.2 Å². The third-order valence-corrected chi connectivity index (χ3v) is 10.6. The topological polar surface area (TPSA) is 63.4 Å². The molecule has 0 bridgehead atoms. The van der Waals surface area contributed by atoms with Crippen molar-refractivity contribution in [3.05, 3.63) is 67.1 Å². The van der Waals surface area contributed by atoms with Crippen LogP contribution >= 0.6 is 22.7 Å². The Hall–Kier alpha value is -2.13. The van der Waals surface area contributed by atoms with Gasteiger partial charge < -0.3 is 0 Å². The lowest BCUT2D eigenvalue weighted by molar-refractivity contribution is -0.260. The molecule has 2 aromatic rings. The fourth-order valence-corrected chi connectivity index (χ4v) is 8.73. The van der Waals surface area contributed by atoms with Crippen molar-refractivity contribution in [1.82, 2.24) is 10.1 Å². The highest BCUT2D eigenvalue weighted by Gasteiger charge is 2.43. The SMILES string of the molecule is CC1(C)C=C(c2ccc(/C=C3\CCC/C(=C\c4ccsc4C4=CC(C)(C)N([O])C(C)(C)C4)C3=O)s2)CC(C)(C)N1[O]. The van der Waals surface area contributed by atoms with E-state index < -0.39 is 22.2 Å². The number of allylic oxidation sites excluding steroid dienone is 2. The summed E-state index contributed by atoms with van der Waals surface area (Å²) >= 11 is 3.38. The predicted octanol–water partition coefficient (Wildman–Crippen LogP) is 9.01. The van der Waals surface area contributed by atoms with E-state index in [9.17, 15) is 15.2 Å². The van der Waals surface area contributed by atoms with Crippen LogP contribution in [0.1, 0.15) is 108 Å². The number of carbonyl (C=O) groups excluding carboxylic acids is 1. The highest BCUT2D eigenvalue weighted by molar-refractivity contribution is 7.14. The number of carbonyl (C=O) groups is 1. The molecule has 2 radical (unpaired) electrons. The summed E-state index contributed by atoms with van der Waals surface area (Å²) in [7, 11) is 0. The fraction of sp³-hybridized carbons (Fsp3) is 0.500. The highest BCUT2D eigenvalue weighted by Crippen LogP contribution is 2.44. The summed E-state index contributed by atoms with van der Waals surface area (Å²) in [5, 5.41) is 30.1. The Morgan fingerprint density at radius 3 is 1.93 bits per heavy atom. The van der Waals surface area contributed by atoms with Gasteiger partial charge in [0, 0.05) is 36.9 Å². The highest BCUT2D eigenvalue weighted by atomic mass is 32.1. The average Bonchev–Trinajstić information content (AvgIpc) is 3.52. The summed E-state index contributed by atoms with van der Waals surface area (Å²) in [6.07, 6.45) is 12.2. The van der Waals surface area contributed by atoms with E-state index in [1.807, 2.05) is 55.4 Å². The van der Waals surface area contributed by atoms with Gasteiger partial charge in [-0.15, -0.1) is 43.2 Å². The zero-order valence-electron chi connectivity index (χ0n) is 25.6. The van der Waals surface area contributed by atoms with Crippen molar-refractivity contribution >= 4 is 51.8 Å². The first-order chi connectivity index (χ1) is 19.0. The zero-order valence-corrected chi connectivity index (χ0v) is 27.2. The largest absolute Gasteiger partial charge is 0.289 e. The van der Waals surface area contributed by atoms with Crippen molar-refractivity contribution in [2.45, 2.75) is 110 Å². The molecule has 7 heteroatoms. The van der Waals surface area contributed by atoms with Gasteiger partial charge >= 0.3 is 0 Å². The summed E-state index contributed by atoms with van der Waals surface area (Å²) in [6.45, 7) is 15.9. The molecule has 0 aromatic carbocycles. The van der Waals surface area contributed by atoms with Crippen LogP contribution in [0.15, 0.2) is 46.9 Å². The van der Waals surface area contributed by atoms with Crippen LogP contribution in [0.2, 0.25) is 0 Å². The summed E-state index contributed by atoms with van der Waals surface area (Å²) in [4.78, 5) is 17.1. The first-order valence-corrected chi connectivity index (χ1v) is 16.2. The number of thiophene rings is 2. The molecule has 0 amide bonds. The predicted molar refractivity (Wildman–Crippen MR) is 170 cm³/mol. The lowest BCUT2D eigenvalue weighted by Crippen LogP contribution is -2.54. The van der Waals surface area contributed by atoms with E-state index >= 15 is 0 Å². The molecule has 2 aliphatic heterocycles. The number of ketones is 1. The number of hydroxylamine groups is 4. The molecule has 0 unspecified atom stereocenters. The Balaban J connectivity index is 1.40. The van der Waals surface area contributed by atoms with Crippen molar-refractivity contribution < 1.29 is 15.2 Å². The summed E-state index contributed by atoms with van der Waals surface area (Å²) < 4.78 is 0. The maximum Gasteiger partial charge on any atom is 0.185 e. The summed E-state index contributed by atoms with van der Waals surface area (Å²) in [5.41, 5.74) is 3.05. The molecule has 2 aromatic heterocycles. The summed E-state index contributed by atoms with van der Waals surface area (Å²) in [6, 6.07) is 6.32. The lowest BCUT2D eigenvalue weighted by Gasteiger charge is -2.45.